The Kier molecular flexibility index (Phi) is 3.39. The normalized spacial score (nSPS) is 38.5. The van der Waals surface area contributed by atoms with Crippen molar-refractivity contribution in [2.45, 2.75) is 58.7 Å². The lowest BCUT2D eigenvalue weighted by Gasteiger charge is -2.25. The monoisotopic (exact) mass is 280 g/mol. The molecule has 5 atom stereocenters. The summed E-state index contributed by atoms with van der Waals surface area (Å²) in [5, 5.41) is 0. The van der Waals surface area contributed by atoms with E-state index in [0.29, 0.717) is 30.6 Å². The molecule has 2 heterocycles. The number of rotatable bonds is 5. The average Bonchev–Trinajstić information content (AvgIpc) is 3.02. The molecule has 2 saturated heterocycles. The van der Waals surface area contributed by atoms with Gasteiger partial charge < -0.3 is 9.47 Å². The molecule has 1 aliphatic carbocycles. The van der Waals surface area contributed by atoms with E-state index in [2.05, 4.69) is 0 Å². The van der Waals surface area contributed by atoms with Crippen LogP contribution in [0, 0.1) is 23.2 Å². The van der Waals surface area contributed by atoms with Gasteiger partial charge in [-0.05, 0) is 44.9 Å². The van der Waals surface area contributed by atoms with Gasteiger partial charge in [0.1, 0.15) is 5.78 Å². The van der Waals surface area contributed by atoms with Gasteiger partial charge in [0.25, 0.3) is 0 Å². The average molecular weight is 280 g/mol. The molecule has 0 spiro atoms. The quantitative estimate of drug-likeness (QED) is 0.725. The Morgan fingerprint density at radius 1 is 1.45 bits per heavy atom. The Hall–Kier alpha value is -0.900. The first-order chi connectivity index (χ1) is 9.44. The molecule has 0 N–H and O–H groups in total. The highest BCUT2D eigenvalue weighted by molar-refractivity contribution is 5.85. The van der Waals surface area contributed by atoms with E-state index in [1.54, 1.807) is 0 Å². The standard InChI is InChI=1S/C16H24O4/c1-4-16(2,3)15(18)19-6-5-9-10-7-12(17)11-8-13(9)20-14(10)11/h9-11,13-14H,4-8H2,1-3H3. The summed E-state index contributed by atoms with van der Waals surface area (Å²) in [6.07, 6.45) is 3.56. The fourth-order valence-electron chi connectivity index (χ4n) is 3.92. The first kappa shape index (κ1) is 14.1. The van der Waals surface area contributed by atoms with Gasteiger partial charge in [-0.25, -0.2) is 0 Å². The van der Waals surface area contributed by atoms with Crippen LogP contribution in [0.25, 0.3) is 0 Å². The molecule has 0 aromatic rings. The maximum absolute atomic E-state index is 11.9. The number of hydrogen-bond acceptors (Lipinski definition) is 4. The smallest absolute Gasteiger partial charge is 0.311 e. The zero-order chi connectivity index (χ0) is 14.5. The molecule has 4 nitrogen and oxygen atoms in total. The molecule has 0 amide bonds. The first-order valence-electron chi connectivity index (χ1n) is 7.79. The Morgan fingerprint density at radius 3 is 2.90 bits per heavy atom. The molecule has 5 unspecified atom stereocenters. The largest absolute Gasteiger partial charge is 0.465 e. The zero-order valence-corrected chi connectivity index (χ0v) is 12.6. The van der Waals surface area contributed by atoms with Gasteiger partial charge in [0.15, 0.2) is 0 Å². The van der Waals surface area contributed by atoms with Crippen molar-refractivity contribution >= 4 is 11.8 Å². The van der Waals surface area contributed by atoms with Crippen molar-refractivity contribution in [3.63, 3.8) is 0 Å². The van der Waals surface area contributed by atoms with E-state index < -0.39 is 5.41 Å². The first-order valence-corrected chi connectivity index (χ1v) is 7.79. The predicted molar refractivity (Wildman–Crippen MR) is 73.0 cm³/mol. The van der Waals surface area contributed by atoms with Crippen molar-refractivity contribution in [1.82, 2.24) is 0 Å². The molecule has 2 bridgehead atoms. The Bertz CT molecular complexity index is 428. The number of fused-ring (bicyclic) bond motifs is 1. The van der Waals surface area contributed by atoms with Gasteiger partial charge in [-0.15, -0.1) is 0 Å². The lowest BCUT2D eigenvalue weighted by Crippen LogP contribution is -2.30. The molecular formula is C16H24O4. The maximum Gasteiger partial charge on any atom is 0.311 e. The highest BCUT2D eigenvalue weighted by Crippen LogP contribution is 2.54. The van der Waals surface area contributed by atoms with Gasteiger partial charge in [-0.1, -0.05) is 6.92 Å². The van der Waals surface area contributed by atoms with Gasteiger partial charge in [0, 0.05) is 12.3 Å². The Balaban J connectivity index is 1.51. The zero-order valence-electron chi connectivity index (χ0n) is 12.6. The molecule has 0 aromatic heterocycles. The van der Waals surface area contributed by atoms with Gasteiger partial charge >= 0.3 is 5.97 Å². The summed E-state index contributed by atoms with van der Waals surface area (Å²) < 4.78 is 11.3. The third-order valence-corrected chi connectivity index (χ3v) is 5.64. The molecule has 0 aromatic carbocycles. The fraction of sp³-hybridized carbons (Fsp3) is 0.875. The van der Waals surface area contributed by atoms with Crippen molar-refractivity contribution in [3.05, 3.63) is 0 Å². The Morgan fingerprint density at radius 2 is 2.20 bits per heavy atom. The van der Waals surface area contributed by atoms with Crippen LogP contribution in [0.3, 0.4) is 0 Å². The van der Waals surface area contributed by atoms with Crippen LogP contribution in [0.5, 0.6) is 0 Å². The lowest BCUT2D eigenvalue weighted by molar-refractivity contribution is -0.154. The molecule has 3 aliphatic rings. The van der Waals surface area contributed by atoms with Crippen LogP contribution >= 0.6 is 0 Å². The molecule has 1 saturated carbocycles. The van der Waals surface area contributed by atoms with Gasteiger partial charge in [0.2, 0.25) is 0 Å². The second kappa shape index (κ2) is 4.83. The fourth-order valence-corrected chi connectivity index (χ4v) is 3.92. The topological polar surface area (TPSA) is 52.6 Å². The van der Waals surface area contributed by atoms with Crippen LogP contribution in [0.1, 0.15) is 46.5 Å². The van der Waals surface area contributed by atoms with E-state index >= 15 is 0 Å². The van der Waals surface area contributed by atoms with E-state index in [-0.39, 0.29) is 24.1 Å². The van der Waals surface area contributed by atoms with Crippen LogP contribution in [-0.2, 0) is 19.1 Å². The molecular weight excluding hydrogens is 256 g/mol. The molecule has 2 aliphatic heterocycles. The van der Waals surface area contributed by atoms with Crippen molar-refractivity contribution < 1.29 is 19.1 Å². The number of ketones is 1. The number of carbonyl (C=O) groups excluding carboxylic acids is 2. The SMILES string of the molecule is CCC(C)(C)C(=O)OCCC1C2CC3C(=O)CC1C3O2. The summed E-state index contributed by atoms with van der Waals surface area (Å²) in [4.78, 5) is 23.8. The highest BCUT2D eigenvalue weighted by atomic mass is 16.5. The van der Waals surface area contributed by atoms with Crippen molar-refractivity contribution in [2.75, 3.05) is 6.61 Å². The van der Waals surface area contributed by atoms with E-state index in [4.69, 9.17) is 9.47 Å². The van der Waals surface area contributed by atoms with E-state index in [1.165, 1.54) is 0 Å². The van der Waals surface area contributed by atoms with Gasteiger partial charge in [-0.2, -0.15) is 0 Å². The molecule has 4 heteroatoms. The number of Topliss-reactive ketones (excluding diaryl/α,β-unsaturated/α-hetero) is 1. The number of ether oxygens (including phenoxy) is 2. The Labute approximate surface area is 120 Å². The van der Waals surface area contributed by atoms with E-state index in [9.17, 15) is 9.59 Å². The summed E-state index contributed by atoms with van der Waals surface area (Å²) in [5.74, 6) is 1.21. The molecule has 112 valence electrons. The van der Waals surface area contributed by atoms with Crippen LogP contribution in [0.2, 0.25) is 0 Å². The minimum atomic E-state index is -0.403. The van der Waals surface area contributed by atoms with Crippen LogP contribution in [0.15, 0.2) is 0 Å². The van der Waals surface area contributed by atoms with E-state index in [0.717, 1.165) is 19.3 Å². The summed E-state index contributed by atoms with van der Waals surface area (Å²) >= 11 is 0. The number of esters is 1. The van der Waals surface area contributed by atoms with Gasteiger partial charge in [0.05, 0.1) is 24.2 Å². The summed E-state index contributed by atoms with van der Waals surface area (Å²) in [5.41, 5.74) is -0.403. The summed E-state index contributed by atoms with van der Waals surface area (Å²) in [6.45, 7) is 6.27. The minimum Gasteiger partial charge on any atom is -0.465 e. The van der Waals surface area contributed by atoms with Crippen molar-refractivity contribution in [2.24, 2.45) is 23.2 Å². The van der Waals surface area contributed by atoms with Crippen molar-refractivity contribution in [1.29, 1.82) is 0 Å². The highest BCUT2D eigenvalue weighted by Gasteiger charge is 2.60. The number of carbonyl (C=O) groups is 2. The van der Waals surface area contributed by atoms with E-state index in [1.807, 2.05) is 20.8 Å². The molecule has 20 heavy (non-hydrogen) atoms. The van der Waals surface area contributed by atoms with Gasteiger partial charge in [-0.3, -0.25) is 9.59 Å². The van der Waals surface area contributed by atoms with Crippen molar-refractivity contribution in [3.8, 4) is 0 Å². The summed E-state index contributed by atoms with van der Waals surface area (Å²) in [7, 11) is 0. The third kappa shape index (κ3) is 2.09. The van der Waals surface area contributed by atoms with Crippen LogP contribution in [0.4, 0.5) is 0 Å². The second-order valence-corrected chi connectivity index (χ2v) is 7.14. The van der Waals surface area contributed by atoms with Crippen LogP contribution < -0.4 is 0 Å². The molecule has 3 fully saturated rings. The molecule has 0 radical (unpaired) electrons. The second-order valence-electron chi connectivity index (χ2n) is 7.14. The molecule has 3 rings (SSSR count). The predicted octanol–water partition coefficient (Wildman–Crippen LogP) is 2.35. The lowest BCUT2D eigenvalue weighted by atomic mass is 9.78. The van der Waals surface area contributed by atoms with Crippen LogP contribution in [-0.4, -0.2) is 30.6 Å². The number of hydrogen-bond donors (Lipinski definition) is 0. The third-order valence-electron chi connectivity index (χ3n) is 5.64. The summed E-state index contributed by atoms with van der Waals surface area (Å²) in [6, 6.07) is 0. The maximum atomic E-state index is 11.9. The minimum absolute atomic E-state index is 0.121.